The number of sulfonamides is 1. The predicted molar refractivity (Wildman–Crippen MR) is 63.7 cm³/mol. The van der Waals surface area contributed by atoms with Crippen molar-refractivity contribution >= 4 is 21.6 Å². The molecule has 0 aliphatic heterocycles. The van der Waals surface area contributed by atoms with E-state index in [0.717, 1.165) is 19.3 Å². The van der Waals surface area contributed by atoms with Gasteiger partial charge in [0, 0.05) is 11.9 Å². The summed E-state index contributed by atoms with van der Waals surface area (Å²) < 4.78 is 26.0. The molecule has 90 valence electrons. The summed E-state index contributed by atoms with van der Waals surface area (Å²) in [7, 11) is -3.10. The van der Waals surface area contributed by atoms with E-state index < -0.39 is 10.0 Å². The molecule has 5 heteroatoms. The maximum absolute atomic E-state index is 11.6. The van der Waals surface area contributed by atoms with E-state index in [1.54, 1.807) is 0 Å². The molecule has 0 aromatic carbocycles. The van der Waals surface area contributed by atoms with Gasteiger partial charge in [0.1, 0.15) is 0 Å². The zero-order chi connectivity index (χ0) is 11.3. The Balaban J connectivity index is 2.39. The normalized spacial score (nSPS) is 27.9. The lowest BCUT2D eigenvalue weighted by Crippen LogP contribution is -2.39. The maximum Gasteiger partial charge on any atom is 0.211 e. The average molecular weight is 254 g/mol. The minimum atomic E-state index is -3.10. The minimum absolute atomic E-state index is 0.147. The molecule has 0 bridgehead atoms. The smallest absolute Gasteiger partial charge is 0.211 e. The van der Waals surface area contributed by atoms with Gasteiger partial charge in [-0.2, -0.15) is 0 Å². The van der Waals surface area contributed by atoms with Gasteiger partial charge in [-0.3, -0.25) is 0 Å². The molecule has 3 nitrogen and oxygen atoms in total. The van der Waals surface area contributed by atoms with Crippen molar-refractivity contribution in [2.75, 3.05) is 11.6 Å². The number of hydrogen-bond acceptors (Lipinski definition) is 2. The topological polar surface area (TPSA) is 46.2 Å². The van der Waals surface area contributed by atoms with Crippen molar-refractivity contribution < 1.29 is 8.42 Å². The Morgan fingerprint density at radius 1 is 1.40 bits per heavy atom. The van der Waals surface area contributed by atoms with E-state index in [4.69, 9.17) is 11.6 Å². The van der Waals surface area contributed by atoms with Gasteiger partial charge in [0.15, 0.2) is 0 Å². The van der Waals surface area contributed by atoms with Crippen LogP contribution in [-0.2, 0) is 10.0 Å². The van der Waals surface area contributed by atoms with Gasteiger partial charge in [0.05, 0.1) is 5.75 Å². The molecule has 1 fully saturated rings. The van der Waals surface area contributed by atoms with E-state index in [9.17, 15) is 8.42 Å². The molecule has 2 unspecified atom stereocenters. The van der Waals surface area contributed by atoms with Gasteiger partial charge in [-0.1, -0.05) is 19.8 Å². The molecule has 1 N–H and O–H groups in total. The van der Waals surface area contributed by atoms with Crippen LogP contribution >= 0.6 is 11.6 Å². The Labute approximate surface area is 97.6 Å². The van der Waals surface area contributed by atoms with Gasteiger partial charge >= 0.3 is 0 Å². The lowest BCUT2D eigenvalue weighted by Gasteiger charge is -2.27. The monoisotopic (exact) mass is 253 g/mol. The molecular formula is C10H20ClNO2S. The zero-order valence-corrected chi connectivity index (χ0v) is 10.8. The summed E-state index contributed by atoms with van der Waals surface area (Å²) in [6, 6.07) is 0.147. The molecule has 0 saturated heterocycles. The summed E-state index contributed by atoms with van der Waals surface area (Å²) in [6.07, 6.45) is 4.83. The predicted octanol–water partition coefficient (Wildman–Crippen LogP) is 2.11. The Kier molecular flexibility index (Phi) is 5.36. The van der Waals surface area contributed by atoms with Gasteiger partial charge in [0.2, 0.25) is 10.0 Å². The van der Waals surface area contributed by atoms with Crippen molar-refractivity contribution in [1.82, 2.24) is 4.72 Å². The quantitative estimate of drug-likeness (QED) is 0.763. The van der Waals surface area contributed by atoms with Crippen LogP contribution in [0.25, 0.3) is 0 Å². The number of alkyl halides is 1. The van der Waals surface area contributed by atoms with Crippen LogP contribution in [-0.4, -0.2) is 26.1 Å². The fourth-order valence-electron chi connectivity index (χ4n) is 2.10. The fourth-order valence-corrected chi connectivity index (χ4v) is 3.75. The summed E-state index contributed by atoms with van der Waals surface area (Å²) >= 11 is 5.48. The SMILES string of the molecule is CC1CCCC(NS(=O)(=O)CCCCl)C1. The van der Waals surface area contributed by atoms with Crippen molar-refractivity contribution in [3.63, 3.8) is 0 Å². The van der Waals surface area contributed by atoms with E-state index in [1.165, 1.54) is 6.42 Å². The molecule has 0 spiro atoms. The lowest BCUT2D eigenvalue weighted by molar-refractivity contribution is 0.327. The highest BCUT2D eigenvalue weighted by atomic mass is 35.5. The second kappa shape index (κ2) is 6.06. The summed E-state index contributed by atoms with van der Waals surface area (Å²) in [6.45, 7) is 2.18. The third-order valence-corrected chi connectivity index (χ3v) is 4.62. The van der Waals surface area contributed by atoms with E-state index in [-0.39, 0.29) is 11.8 Å². The van der Waals surface area contributed by atoms with Crippen molar-refractivity contribution in [2.45, 2.75) is 45.1 Å². The Hall–Kier alpha value is 0.200. The highest BCUT2D eigenvalue weighted by Gasteiger charge is 2.22. The highest BCUT2D eigenvalue weighted by Crippen LogP contribution is 2.23. The summed E-state index contributed by atoms with van der Waals surface area (Å²) in [5, 5.41) is 0. The first-order valence-electron chi connectivity index (χ1n) is 5.59. The number of nitrogens with one attached hydrogen (secondary N) is 1. The van der Waals surface area contributed by atoms with Crippen molar-refractivity contribution in [2.24, 2.45) is 5.92 Å². The van der Waals surface area contributed by atoms with Gasteiger partial charge in [-0.05, 0) is 25.2 Å². The molecule has 0 aromatic rings. The van der Waals surface area contributed by atoms with Gasteiger partial charge in [0.25, 0.3) is 0 Å². The molecule has 2 atom stereocenters. The second-order valence-electron chi connectivity index (χ2n) is 4.45. The van der Waals surface area contributed by atoms with Gasteiger partial charge < -0.3 is 0 Å². The second-order valence-corrected chi connectivity index (χ2v) is 6.70. The standard InChI is InChI=1S/C10H20ClNO2S/c1-9-4-2-5-10(8-9)12-15(13,14)7-3-6-11/h9-10,12H,2-8H2,1H3. The summed E-state index contributed by atoms with van der Waals surface area (Å²) in [5.41, 5.74) is 0. The number of rotatable bonds is 5. The van der Waals surface area contributed by atoms with Gasteiger partial charge in [-0.25, -0.2) is 13.1 Å². The molecule has 0 amide bonds. The first-order chi connectivity index (χ1) is 7.03. The van der Waals surface area contributed by atoms with Crippen LogP contribution in [0, 0.1) is 5.92 Å². The molecule has 1 saturated carbocycles. The summed E-state index contributed by atoms with van der Waals surface area (Å²) in [5.74, 6) is 1.20. The van der Waals surface area contributed by atoms with Gasteiger partial charge in [-0.15, -0.1) is 11.6 Å². The Morgan fingerprint density at radius 3 is 2.73 bits per heavy atom. The van der Waals surface area contributed by atoms with Crippen LogP contribution in [0.3, 0.4) is 0 Å². The zero-order valence-electron chi connectivity index (χ0n) is 9.21. The average Bonchev–Trinajstić information content (AvgIpc) is 2.14. The highest BCUT2D eigenvalue weighted by molar-refractivity contribution is 7.89. The lowest BCUT2D eigenvalue weighted by atomic mass is 9.88. The number of hydrogen-bond donors (Lipinski definition) is 1. The molecule has 0 heterocycles. The van der Waals surface area contributed by atoms with Crippen molar-refractivity contribution in [3.8, 4) is 0 Å². The van der Waals surface area contributed by atoms with E-state index in [2.05, 4.69) is 11.6 Å². The molecule has 1 aliphatic rings. The van der Waals surface area contributed by atoms with Crippen LogP contribution in [0.2, 0.25) is 0 Å². The molecule has 0 aromatic heterocycles. The van der Waals surface area contributed by atoms with Crippen LogP contribution < -0.4 is 4.72 Å². The third-order valence-electron chi connectivity index (χ3n) is 2.83. The first kappa shape index (κ1) is 13.3. The maximum atomic E-state index is 11.6. The van der Waals surface area contributed by atoms with E-state index in [0.29, 0.717) is 18.2 Å². The minimum Gasteiger partial charge on any atom is -0.212 e. The Bertz CT molecular complexity index is 279. The number of halogens is 1. The van der Waals surface area contributed by atoms with E-state index in [1.807, 2.05) is 0 Å². The molecule has 1 aliphatic carbocycles. The molecular weight excluding hydrogens is 234 g/mol. The first-order valence-corrected chi connectivity index (χ1v) is 7.78. The van der Waals surface area contributed by atoms with Crippen molar-refractivity contribution in [3.05, 3.63) is 0 Å². The summed E-state index contributed by atoms with van der Waals surface area (Å²) in [4.78, 5) is 0. The Morgan fingerprint density at radius 2 is 2.13 bits per heavy atom. The van der Waals surface area contributed by atoms with Crippen LogP contribution in [0.1, 0.15) is 39.0 Å². The third kappa shape index (κ3) is 5.18. The fraction of sp³-hybridized carbons (Fsp3) is 1.00. The van der Waals surface area contributed by atoms with Crippen LogP contribution in [0.5, 0.6) is 0 Å². The molecule has 0 radical (unpaired) electrons. The largest absolute Gasteiger partial charge is 0.212 e. The van der Waals surface area contributed by atoms with Crippen molar-refractivity contribution in [1.29, 1.82) is 0 Å². The van der Waals surface area contributed by atoms with Crippen LogP contribution in [0.15, 0.2) is 0 Å². The molecule has 15 heavy (non-hydrogen) atoms. The molecule has 1 rings (SSSR count). The van der Waals surface area contributed by atoms with Crippen LogP contribution in [0.4, 0.5) is 0 Å². The van der Waals surface area contributed by atoms with E-state index >= 15 is 0 Å².